The Morgan fingerprint density at radius 1 is 0.844 bits per heavy atom. The fraction of sp³-hybridized carbons (Fsp3) is 0.308. The lowest BCUT2D eigenvalue weighted by Crippen LogP contribution is -2.23. The molecular weight excluding hydrogens is 402 g/mol. The summed E-state index contributed by atoms with van der Waals surface area (Å²) in [5, 5.41) is 5.64. The zero-order valence-electron chi connectivity index (χ0n) is 19.5. The number of hydrogen-bond donors (Lipinski definition) is 2. The first-order valence-corrected chi connectivity index (χ1v) is 10.6. The van der Waals surface area contributed by atoms with Gasteiger partial charge in [-0.3, -0.25) is 4.98 Å². The number of carbonyl (C=O) groups is 1. The quantitative estimate of drug-likeness (QED) is 0.455. The maximum atomic E-state index is 12.6. The normalized spacial score (nSPS) is 11.6. The summed E-state index contributed by atoms with van der Waals surface area (Å²) in [4.78, 5) is 16.7. The molecule has 0 fully saturated rings. The minimum atomic E-state index is -0.392. The smallest absolute Gasteiger partial charge is 0.323 e. The van der Waals surface area contributed by atoms with E-state index in [4.69, 9.17) is 9.47 Å². The minimum absolute atomic E-state index is 0.0859. The van der Waals surface area contributed by atoms with Gasteiger partial charge in [-0.25, -0.2) is 4.79 Å². The molecular formula is C26H31N3O3. The van der Waals surface area contributed by atoms with Gasteiger partial charge in [0.25, 0.3) is 0 Å². The van der Waals surface area contributed by atoms with Gasteiger partial charge >= 0.3 is 6.03 Å². The molecule has 6 heteroatoms. The summed E-state index contributed by atoms with van der Waals surface area (Å²) in [6.45, 7) is 12.4. The first kappa shape index (κ1) is 23.1. The number of rotatable bonds is 5. The molecule has 6 nitrogen and oxygen atoms in total. The summed E-state index contributed by atoms with van der Waals surface area (Å²) in [6, 6.07) is 16.5. The molecule has 2 aromatic carbocycles. The van der Waals surface area contributed by atoms with Crippen LogP contribution in [-0.4, -0.2) is 16.6 Å². The number of amides is 2. The number of nitrogens with zero attached hydrogens (tertiary/aromatic N) is 1. The van der Waals surface area contributed by atoms with Gasteiger partial charge in [0.05, 0.1) is 6.20 Å². The predicted octanol–water partition coefficient (Wildman–Crippen LogP) is 6.99. The van der Waals surface area contributed by atoms with Gasteiger partial charge in [0, 0.05) is 23.5 Å². The van der Waals surface area contributed by atoms with Gasteiger partial charge < -0.3 is 20.1 Å². The van der Waals surface area contributed by atoms with Gasteiger partial charge in [0.15, 0.2) is 5.75 Å². The SMILES string of the molecule is CC(C)(C)Oc1ccc(NC(=O)Nc2cnccc2Oc2ccccc2C(C)(C)C)cc1. The van der Waals surface area contributed by atoms with Crippen molar-refractivity contribution >= 4 is 17.4 Å². The van der Waals surface area contributed by atoms with Crippen LogP contribution in [0.15, 0.2) is 67.0 Å². The number of hydrogen-bond acceptors (Lipinski definition) is 4. The van der Waals surface area contributed by atoms with Gasteiger partial charge in [0.1, 0.15) is 22.8 Å². The second kappa shape index (κ2) is 9.30. The van der Waals surface area contributed by atoms with Crippen molar-refractivity contribution in [3.05, 3.63) is 72.6 Å². The molecule has 0 atom stereocenters. The average molecular weight is 434 g/mol. The number of pyridine rings is 1. The number of ether oxygens (including phenoxy) is 2. The summed E-state index contributed by atoms with van der Waals surface area (Å²) in [7, 11) is 0. The Morgan fingerprint density at radius 2 is 1.53 bits per heavy atom. The summed E-state index contributed by atoms with van der Waals surface area (Å²) in [6.07, 6.45) is 3.20. The van der Waals surface area contributed by atoms with Crippen molar-refractivity contribution in [3.8, 4) is 17.2 Å². The van der Waals surface area contributed by atoms with Crippen LogP contribution in [0.2, 0.25) is 0 Å². The number of anilines is 2. The zero-order chi connectivity index (χ0) is 23.4. The van der Waals surface area contributed by atoms with E-state index in [2.05, 4.69) is 36.4 Å². The van der Waals surface area contributed by atoms with Crippen molar-refractivity contribution in [1.82, 2.24) is 4.98 Å². The van der Waals surface area contributed by atoms with E-state index in [0.29, 0.717) is 17.1 Å². The fourth-order valence-corrected chi connectivity index (χ4v) is 3.10. The van der Waals surface area contributed by atoms with Crippen molar-refractivity contribution in [2.45, 2.75) is 52.6 Å². The summed E-state index contributed by atoms with van der Waals surface area (Å²) < 4.78 is 12.0. The molecule has 3 aromatic rings. The van der Waals surface area contributed by atoms with E-state index < -0.39 is 6.03 Å². The third-order valence-electron chi connectivity index (χ3n) is 4.48. The number of benzene rings is 2. The van der Waals surface area contributed by atoms with Crippen molar-refractivity contribution in [2.24, 2.45) is 0 Å². The highest BCUT2D eigenvalue weighted by atomic mass is 16.5. The van der Waals surface area contributed by atoms with Crippen LogP contribution in [0.3, 0.4) is 0 Å². The van der Waals surface area contributed by atoms with Crippen molar-refractivity contribution in [3.63, 3.8) is 0 Å². The van der Waals surface area contributed by atoms with Crippen LogP contribution in [0.1, 0.15) is 47.1 Å². The Morgan fingerprint density at radius 3 is 2.19 bits per heavy atom. The topological polar surface area (TPSA) is 72.5 Å². The lowest BCUT2D eigenvalue weighted by atomic mass is 9.86. The monoisotopic (exact) mass is 433 g/mol. The Balaban J connectivity index is 1.71. The average Bonchev–Trinajstić information content (AvgIpc) is 2.69. The zero-order valence-corrected chi connectivity index (χ0v) is 19.5. The molecule has 3 rings (SSSR count). The number of para-hydroxylation sites is 1. The summed E-state index contributed by atoms with van der Waals surface area (Å²) in [5.74, 6) is 1.99. The maximum Gasteiger partial charge on any atom is 0.323 e. The number of urea groups is 1. The van der Waals surface area contributed by atoms with E-state index in [1.165, 1.54) is 0 Å². The second-order valence-corrected chi connectivity index (χ2v) is 9.54. The Labute approximate surface area is 190 Å². The molecule has 0 radical (unpaired) electrons. The third kappa shape index (κ3) is 6.48. The molecule has 1 heterocycles. The fourth-order valence-electron chi connectivity index (χ4n) is 3.10. The highest BCUT2D eigenvalue weighted by Gasteiger charge is 2.20. The molecule has 1 aromatic heterocycles. The molecule has 168 valence electrons. The van der Waals surface area contributed by atoms with E-state index in [1.54, 1.807) is 30.6 Å². The van der Waals surface area contributed by atoms with Crippen LogP contribution in [0.4, 0.5) is 16.2 Å². The van der Waals surface area contributed by atoms with E-state index in [1.807, 2.05) is 57.2 Å². The second-order valence-electron chi connectivity index (χ2n) is 9.54. The molecule has 0 aliphatic carbocycles. The largest absolute Gasteiger partial charge is 0.488 e. The Hall–Kier alpha value is -3.54. The standard InChI is InChI=1S/C26H31N3O3/c1-25(2,3)20-9-7-8-10-22(20)31-23-15-16-27-17-21(23)29-24(30)28-18-11-13-19(14-12-18)32-26(4,5)6/h7-17H,1-6H3,(H2,28,29,30). The molecule has 0 aliphatic heterocycles. The van der Waals surface area contributed by atoms with Gasteiger partial charge in [-0.1, -0.05) is 39.0 Å². The molecule has 32 heavy (non-hydrogen) atoms. The Kier molecular flexibility index (Phi) is 6.72. The third-order valence-corrected chi connectivity index (χ3v) is 4.48. The highest BCUT2D eigenvalue weighted by molar-refractivity contribution is 6.00. The number of carbonyl (C=O) groups excluding carboxylic acids is 1. The van der Waals surface area contributed by atoms with Crippen LogP contribution in [0, 0.1) is 0 Å². The van der Waals surface area contributed by atoms with E-state index in [0.717, 1.165) is 17.1 Å². The van der Waals surface area contributed by atoms with Crippen molar-refractivity contribution in [1.29, 1.82) is 0 Å². The van der Waals surface area contributed by atoms with Crippen LogP contribution in [0.25, 0.3) is 0 Å². The Bertz CT molecular complexity index is 1060. The molecule has 2 amide bonds. The number of nitrogens with one attached hydrogen (secondary N) is 2. The lowest BCUT2D eigenvalue weighted by molar-refractivity contribution is 0.131. The molecule has 0 saturated heterocycles. The van der Waals surface area contributed by atoms with Crippen molar-refractivity contribution in [2.75, 3.05) is 10.6 Å². The molecule has 0 spiro atoms. The van der Waals surface area contributed by atoms with Gasteiger partial charge in [-0.05, 0) is 56.5 Å². The van der Waals surface area contributed by atoms with Crippen LogP contribution < -0.4 is 20.1 Å². The summed E-state index contributed by atoms with van der Waals surface area (Å²) in [5.41, 5.74) is 1.82. The highest BCUT2D eigenvalue weighted by Crippen LogP contribution is 2.36. The van der Waals surface area contributed by atoms with Crippen LogP contribution >= 0.6 is 0 Å². The number of aromatic nitrogens is 1. The molecule has 0 unspecified atom stereocenters. The molecule has 0 saturated carbocycles. The van der Waals surface area contributed by atoms with Crippen LogP contribution in [0.5, 0.6) is 17.2 Å². The van der Waals surface area contributed by atoms with Gasteiger partial charge in [-0.2, -0.15) is 0 Å². The predicted molar refractivity (Wildman–Crippen MR) is 129 cm³/mol. The summed E-state index contributed by atoms with van der Waals surface area (Å²) >= 11 is 0. The first-order chi connectivity index (χ1) is 15.0. The molecule has 2 N–H and O–H groups in total. The van der Waals surface area contributed by atoms with E-state index >= 15 is 0 Å². The lowest BCUT2D eigenvalue weighted by Gasteiger charge is -2.23. The van der Waals surface area contributed by atoms with E-state index in [9.17, 15) is 4.79 Å². The maximum absolute atomic E-state index is 12.6. The van der Waals surface area contributed by atoms with Crippen LogP contribution in [-0.2, 0) is 5.41 Å². The van der Waals surface area contributed by atoms with E-state index in [-0.39, 0.29) is 11.0 Å². The minimum Gasteiger partial charge on any atom is -0.488 e. The van der Waals surface area contributed by atoms with Gasteiger partial charge in [-0.15, -0.1) is 0 Å². The molecule has 0 aliphatic rings. The van der Waals surface area contributed by atoms with Crippen molar-refractivity contribution < 1.29 is 14.3 Å². The molecule has 0 bridgehead atoms. The van der Waals surface area contributed by atoms with Gasteiger partial charge in [0.2, 0.25) is 0 Å². The first-order valence-electron chi connectivity index (χ1n) is 10.6.